The van der Waals surface area contributed by atoms with Gasteiger partial charge in [-0.05, 0) is 44.1 Å². The fourth-order valence-electron chi connectivity index (χ4n) is 6.52. The summed E-state index contributed by atoms with van der Waals surface area (Å²) < 4.78 is 6.21. The fourth-order valence-corrected chi connectivity index (χ4v) is 6.52. The Kier molecular flexibility index (Phi) is 3.13. The van der Waals surface area contributed by atoms with Crippen LogP contribution in [0.15, 0.2) is 23.8 Å². The lowest BCUT2D eigenvalue weighted by molar-refractivity contribution is -0.576. The van der Waals surface area contributed by atoms with Crippen LogP contribution in [0.25, 0.3) is 0 Å². The molecule has 0 aromatic rings. The topological polar surface area (TPSA) is 65.0 Å². The van der Waals surface area contributed by atoms with Gasteiger partial charge in [0.1, 0.15) is 5.60 Å². The Morgan fingerprint density at radius 1 is 1.36 bits per heavy atom. The molecule has 1 N–H and O–H groups in total. The maximum Gasteiger partial charge on any atom is 0.210 e. The van der Waals surface area contributed by atoms with E-state index in [1.54, 1.807) is 0 Å². The lowest BCUT2D eigenvalue weighted by Gasteiger charge is -2.63. The molecule has 6 rings (SSSR count). The third-order valence-corrected chi connectivity index (χ3v) is 7.77. The Morgan fingerprint density at radius 2 is 2.12 bits per heavy atom. The van der Waals surface area contributed by atoms with Crippen molar-refractivity contribution >= 4 is 5.78 Å². The normalized spacial score (nSPS) is 56.2. The first-order valence-electron chi connectivity index (χ1n) is 9.39. The second-order valence-corrected chi connectivity index (χ2v) is 8.88. The highest BCUT2D eigenvalue weighted by Crippen LogP contribution is 2.67. The first kappa shape index (κ1) is 16.2. The van der Waals surface area contributed by atoms with E-state index < -0.39 is 23.4 Å². The lowest BCUT2D eigenvalue weighted by atomic mass is 9.55. The molecule has 25 heavy (non-hydrogen) atoms. The number of rotatable bonds is 1. The Balaban J connectivity index is 1.74. The van der Waals surface area contributed by atoms with Gasteiger partial charge in [-0.15, -0.1) is 0 Å². The van der Waals surface area contributed by atoms with Crippen LogP contribution in [0, 0.1) is 35.5 Å². The number of aliphatic hydroxyl groups is 1. The molecule has 5 heteroatoms. The summed E-state index contributed by atoms with van der Waals surface area (Å²) in [5.41, 5.74) is 1.38. The summed E-state index contributed by atoms with van der Waals surface area (Å²) in [5, 5.41) is 10.9. The molecule has 9 atom stereocenters. The second kappa shape index (κ2) is 4.83. The van der Waals surface area contributed by atoms with Crippen LogP contribution < -0.4 is 0 Å². The molecule has 3 unspecified atom stereocenters. The van der Waals surface area contributed by atoms with Gasteiger partial charge in [0.2, 0.25) is 5.79 Å². The Hall–Kier alpha value is -1.01. The number of hydrogen-bond acceptors (Lipinski definition) is 5. The van der Waals surface area contributed by atoms with Gasteiger partial charge < -0.3 is 9.84 Å². The van der Waals surface area contributed by atoms with Crippen molar-refractivity contribution in [2.75, 3.05) is 6.61 Å². The van der Waals surface area contributed by atoms with Crippen LogP contribution in [0.4, 0.5) is 0 Å². The summed E-state index contributed by atoms with van der Waals surface area (Å²) in [4.78, 5) is 25.0. The molecule has 2 saturated carbocycles. The van der Waals surface area contributed by atoms with Crippen molar-refractivity contribution in [2.45, 2.75) is 51.1 Å². The zero-order valence-electron chi connectivity index (χ0n) is 15.0. The van der Waals surface area contributed by atoms with Crippen molar-refractivity contribution in [3.8, 4) is 0 Å². The van der Waals surface area contributed by atoms with Gasteiger partial charge in [0.05, 0.1) is 18.6 Å². The monoisotopic (exact) mass is 346 g/mol. The molecule has 3 aliphatic carbocycles. The largest absolute Gasteiger partial charge is 0.392 e. The minimum atomic E-state index is -1.01. The van der Waals surface area contributed by atoms with Crippen molar-refractivity contribution in [1.29, 1.82) is 0 Å². The summed E-state index contributed by atoms with van der Waals surface area (Å²) in [6, 6.07) is 0. The molecule has 0 aromatic carbocycles. The molecule has 6 aliphatic rings. The zero-order valence-corrected chi connectivity index (χ0v) is 15.0. The highest BCUT2D eigenvalue weighted by Gasteiger charge is 2.77. The number of carbonyl (C=O) groups is 1. The van der Waals surface area contributed by atoms with E-state index in [4.69, 9.17) is 14.5 Å². The first-order valence-corrected chi connectivity index (χ1v) is 9.39. The van der Waals surface area contributed by atoms with Gasteiger partial charge in [-0.3, -0.25) is 4.79 Å². The first-order chi connectivity index (χ1) is 11.8. The molecule has 2 bridgehead atoms. The summed E-state index contributed by atoms with van der Waals surface area (Å²) in [5.74, 6) is -1.33. The predicted molar refractivity (Wildman–Crippen MR) is 89.0 cm³/mol. The van der Waals surface area contributed by atoms with Crippen LogP contribution >= 0.6 is 0 Å². The van der Waals surface area contributed by atoms with Crippen LogP contribution in [-0.2, 0) is 19.3 Å². The maximum absolute atomic E-state index is 13.1. The molecule has 3 aliphatic heterocycles. The summed E-state index contributed by atoms with van der Waals surface area (Å²) in [7, 11) is 0. The zero-order chi connectivity index (χ0) is 17.7. The van der Waals surface area contributed by atoms with E-state index in [9.17, 15) is 9.90 Å². The van der Waals surface area contributed by atoms with Gasteiger partial charge in [-0.1, -0.05) is 25.2 Å². The molecule has 0 radical (unpaired) electrons. The van der Waals surface area contributed by atoms with E-state index >= 15 is 0 Å². The summed E-state index contributed by atoms with van der Waals surface area (Å²) in [6.07, 6.45) is 3.13. The smallest absolute Gasteiger partial charge is 0.210 e. The van der Waals surface area contributed by atoms with E-state index in [0.717, 1.165) is 24.0 Å². The quantitative estimate of drug-likeness (QED) is 0.583. The fraction of sp³-hybridized carbons (Fsp3) is 0.750. The van der Waals surface area contributed by atoms with Crippen LogP contribution in [0.1, 0.15) is 33.6 Å². The van der Waals surface area contributed by atoms with E-state index in [-0.39, 0.29) is 29.5 Å². The van der Waals surface area contributed by atoms with Crippen LogP contribution in [0.5, 0.6) is 0 Å². The number of fused-ring (bicyclic) bond motifs is 2. The van der Waals surface area contributed by atoms with Gasteiger partial charge >= 0.3 is 0 Å². The van der Waals surface area contributed by atoms with Gasteiger partial charge in [0.25, 0.3) is 0 Å². The van der Waals surface area contributed by atoms with Crippen molar-refractivity contribution in [2.24, 2.45) is 35.5 Å². The van der Waals surface area contributed by atoms with Gasteiger partial charge in [-0.25, -0.2) is 4.89 Å². The highest BCUT2D eigenvalue weighted by molar-refractivity contribution is 5.98. The molecular weight excluding hydrogens is 320 g/mol. The summed E-state index contributed by atoms with van der Waals surface area (Å²) in [6.45, 7) is 10.5. The van der Waals surface area contributed by atoms with E-state index in [1.807, 2.05) is 13.8 Å². The molecule has 5 nitrogen and oxygen atoms in total. The third-order valence-electron chi connectivity index (χ3n) is 7.77. The molecule has 5 fully saturated rings. The van der Waals surface area contributed by atoms with Crippen molar-refractivity contribution in [1.82, 2.24) is 0 Å². The van der Waals surface area contributed by atoms with Crippen LogP contribution in [0.2, 0.25) is 0 Å². The molecule has 136 valence electrons. The van der Waals surface area contributed by atoms with E-state index in [2.05, 4.69) is 19.6 Å². The standard InChI is InChI=1S/C20H26O5/c1-9(2)12-5-6-19-8-23-20(25-24-19)11(4)18(22)14-16(20)15(19)13(12)7-10(3)17(14)21/h7,11-16,18,22H,1,5-6,8H2,2-4H3/t11-,12?,13+,14?,15+,16?,18-,19-,20-/m1/s1. The van der Waals surface area contributed by atoms with Gasteiger partial charge in [0, 0.05) is 17.8 Å². The average Bonchev–Trinajstić information content (AvgIpc) is 2.73. The Morgan fingerprint density at radius 3 is 2.76 bits per heavy atom. The number of Topliss-reactive ketones (excluding diaryl/α,β-unsaturated/α-hetero) is 1. The number of carbonyl (C=O) groups excluding carboxylic acids is 1. The lowest BCUT2D eigenvalue weighted by Crippen LogP contribution is -2.71. The molecule has 0 amide bonds. The molecule has 3 heterocycles. The van der Waals surface area contributed by atoms with Crippen molar-refractivity contribution in [3.63, 3.8) is 0 Å². The van der Waals surface area contributed by atoms with Crippen molar-refractivity contribution < 1.29 is 24.4 Å². The number of ether oxygens (including phenoxy) is 1. The molecule has 3 saturated heterocycles. The number of ketones is 1. The van der Waals surface area contributed by atoms with Gasteiger partial charge in [0.15, 0.2) is 5.78 Å². The number of aliphatic hydroxyl groups excluding tert-OH is 1. The Labute approximate surface area is 147 Å². The minimum Gasteiger partial charge on any atom is -0.392 e. The molecular formula is C20H26O5. The van der Waals surface area contributed by atoms with Crippen LogP contribution in [-0.4, -0.2) is 35.0 Å². The highest BCUT2D eigenvalue weighted by atomic mass is 17.3. The Bertz CT molecular complexity index is 686. The van der Waals surface area contributed by atoms with E-state index in [0.29, 0.717) is 12.5 Å². The number of allylic oxidation sites excluding steroid dienone is 3. The van der Waals surface area contributed by atoms with E-state index in [1.165, 1.54) is 0 Å². The minimum absolute atomic E-state index is 0.0333. The van der Waals surface area contributed by atoms with Crippen molar-refractivity contribution in [3.05, 3.63) is 23.8 Å². The SMILES string of the molecule is C=C(C)C1CC[C@]23CO[C@]4(OO2)C2C(C(=O)C(C)=C[C@@H]1[C@@H]23)[C@H](O)[C@H]4C. The molecule has 0 aromatic heterocycles. The average molecular weight is 346 g/mol. The predicted octanol–water partition coefficient (Wildman–Crippen LogP) is 2.40. The molecule has 2 spiro atoms. The third kappa shape index (κ3) is 1.71. The maximum atomic E-state index is 13.1. The number of hydrogen-bond donors (Lipinski definition) is 1. The van der Waals surface area contributed by atoms with Crippen LogP contribution in [0.3, 0.4) is 0 Å². The second-order valence-electron chi connectivity index (χ2n) is 8.88. The summed E-state index contributed by atoms with van der Waals surface area (Å²) >= 11 is 0. The van der Waals surface area contributed by atoms with Gasteiger partial charge in [-0.2, -0.15) is 4.89 Å².